The van der Waals surface area contributed by atoms with Gasteiger partial charge in [0, 0.05) is 11.8 Å². The summed E-state index contributed by atoms with van der Waals surface area (Å²) in [5.41, 5.74) is 0.597. The van der Waals surface area contributed by atoms with Crippen molar-refractivity contribution in [3.63, 3.8) is 0 Å². The van der Waals surface area contributed by atoms with Gasteiger partial charge in [-0.3, -0.25) is 9.36 Å². The number of hydrogen-bond donors (Lipinski definition) is 0. The number of hydrogen-bond acceptors (Lipinski definition) is 4. The molecule has 0 fully saturated rings. The Morgan fingerprint density at radius 3 is 3.27 bits per heavy atom. The molecule has 0 N–H and O–H groups in total. The first-order valence-corrected chi connectivity index (χ1v) is 3.23. The first-order chi connectivity index (χ1) is 5.27. The first-order valence-electron chi connectivity index (χ1n) is 3.23. The molecule has 2 rings (SSSR count). The van der Waals surface area contributed by atoms with E-state index < -0.39 is 0 Å². The number of aromatic nitrogens is 2. The van der Waals surface area contributed by atoms with E-state index in [1.54, 1.807) is 4.57 Å². The molecule has 5 heteroatoms. The molecule has 0 saturated heterocycles. The average molecular weight is 150 g/mol. The van der Waals surface area contributed by atoms with E-state index in [2.05, 4.69) is 15.2 Å². The summed E-state index contributed by atoms with van der Waals surface area (Å²) in [4.78, 5) is 14.5. The predicted octanol–water partition coefficient (Wildman–Crippen LogP) is 0.607. The van der Waals surface area contributed by atoms with Crippen molar-refractivity contribution in [3.05, 3.63) is 22.1 Å². The molecule has 0 aromatic carbocycles. The maximum absolute atomic E-state index is 10.8. The third kappa shape index (κ3) is 0.849. The second kappa shape index (κ2) is 1.98. The average Bonchev–Trinajstić information content (AvgIpc) is 2.34. The number of fused-ring (bicyclic) bond motifs is 1. The van der Waals surface area contributed by atoms with Gasteiger partial charge in [-0.05, 0) is 6.92 Å². The Balaban J connectivity index is 2.76. The highest BCUT2D eigenvalue weighted by Crippen LogP contribution is 2.15. The standard InChI is InChI=1S/C6H6N4O/c1-4-2-5(11)8-6-9-7-3-10(4)6/h2H,3H2,1H3. The van der Waals surface area contributed by atoms with Gasteiger partial charge in [-0.1, -0.05) is 0 Å². The zero-order chi connectivity index (χ0) is 7.84. The third-order valence-corrected chi connectivity index (χ3v) is 1.57. The van der Waals surface area contributed by atoms with Crippen LogP contribution in [0.5, 0.6) is 0 Å². The van der Waals surface area contributed by atoms with Crippen molar-refractivity contribution in [1.29, 1.82) is 0 Å². The normalized spacial score (nSPS) is 13.5. The summed E-state index contributed by atoms with van der Waals surface area (Å²) >= 11 is 0. The molecule has 1 aliphatic heterocycles. The molecule has 0 radical (unpaired) electrons. The molecule has 2 heterocycles. The third-order valence-electron chi connectivity index (χ3n) is 1.57. The lowest BCUT2D eigenvalue weighted by Gasteiger charge is -2.01. The SMILES string of the molecule is Cc1cc(=O)nc2n1CN=N2. The molecule has 56 valence electrons. The lowest BCUT2D eigenvalue weighted by molar-refractivity contribution is 0.731. The Hall–Kier alpha value is -1.52. The van der Waals surface area contributed by atoms with E-state index in [4.69, 9.17) is 0 Å². The Kier molecular flexibility index (Phi) is 1.12. The Morgan fingerprint density at radius 1 is 1.64 bits per heavy atom. The minimum Gasteiger partial charge on any atom is -0.291 e. The highest BCUT2D eigenvalue weighted by Gasteiger charge is 2.09. The summed E-state index contributed by atoms with van der Waals surface area (Å²) in [5.74, 6) is 0.412. The van der Waals surface area contributed by atoms with Gasteiger partial charge in [0.15, 0.2) is 0 Å². The Labute approximate surface area is 62.4 Å². The fourth-order valence-corrected chi connectivity index (χ4v) is 1.01. The summed E-state index contributed by atoms with van der Waals surface area (Å²) in [6, 6.07) is 1.47. The van der Waals surface area contributed by atoms with Crippen molar-refractivity contribution in [2.45, 2.75) is 13.6 Å². The van der Waals surface area contributed by atoms with Crippen LogP contribution in [0, 0.1) is 6.92 Å². The summed E-state index contributed by atoms with van der Waals surface area (Å²) in [7, 11) is 0. The van der Waals surface area contributed by atoms with Crippen LogP contribution in [0.15, 0.2) is 21.1 Å². The fourth-order valence-electron chi connectivity index (χ4n) is 1.01. The smallest absolute Gasteiger partial charge is 0.274 e. The fraction of sp³-hybridized carbons (Fsp3) is 0.333. The van der Waals surface area contributed by atoms with Gasteiger partial charge in [0.2, 0.25) is 0 Å². The van der Waals surface area contributed by atoms with Crippen molar-refractivity contribution >= 4 is 5.95 Å². The van der Waals surface area contributed by atoms with E-state index in [0.717, 1.165) is 5.69 Å². The molecular formula is C6H6N4O. The van der Waals surface area contributed by atoms with Crippen LogP contribution >= 0.6 is 0 Å². The van der Waals surface area contributed by atoms with Crippen LogP contribution in [-0.4, -0.2) is 9.55 Å². The van der Waals surface area contributed by atoms with E-state index in [1.165, 1.54) is 6.07 Å². The van der Waals surface area contributed by atoms with Crippen LogP contribution in [0.4, 0.5) is 5.95 Å². The van der Waals surface area contributed by atoms with Gasteiger partial charge in [0.05, 0.1) is 0 Å². The molecule has 0 aliphatic carbocycles. The molecule has 0 spiro atoms. The molecule has 0 saturated carbocycles. The predicted molar refractivity (Wildman–Crippen MR) is 37.8 cm³/mol. The van der Waals surface area contributed by atoms with Gasteiger partial charge in [0.25, 0.3) is 11.5 Å². The minimum absolute atomic E-state index is 0.255. The summed E-state index contributed by atoms with van der Waals surface area (Å²) in [6.07, 6.45) is 0. The molecule has 0 amide bonds. The van der Waals surface area contributed by atoms with Gasteiger partial charge < -0.3 is 0 Å². The number of aryl methyl sites for hydroxylation is 1. The second-order valence-electron chi connectivity index (χ2n) is 2.35. The number of rotatable bonds is 0. The minimum atomic E-state index is -0.255. The van der Waals surface area contributed by atoms with Gasteiger partial charge in [-0.25, -0.2) is 0 Å². The van der Waals surface area contributed by atoms with E-state index in [0.29, 0.717) is 12.6 Å². The van der Waals surface area contributed by atoms with Gasteiger partial charge >= 0.3 is 0 Å². The largest absolute Gasteiger partial charge is 0.291 e. The maximum atomic E-state index is 10.8. The first kappa shape index (κ1) is 6.21. The second-order valence-corrected chi connectivity index (χ2v) is 2.35. The van der Waals surface area contributed by atoms with Crippen LogP contribution in [-0.2, 0) is 6.67 Å². The molecule has 11 heavy (non-hydrogen) atoms. The quantitative estimate of drug-likeness (QED) is 0.543. The molecule has 1 aromatic heterocycles. The molecule has 0 atom stereocenters. The lowest BCUT2D eigenvalue weighted by Crippen LogP contribution is -2.11. The van der Waals surface area contributed by atoms with Crippen LogP contribution in [0.1, 0.15) is 5.69 Å². The van der Waals surface area contributed by atoms with Crippen molar-refractivity contribution in [3.8, 4) is 0 Å². The zero-order valence-corrected chi connectivity index (χ0v) is 5.98. The monoisotopic (exact) mass is 150 g/mol. The van der Waals surface area contributed by atoms with E-state index in [9.17, 15) is 4.79 Å². The maximum Gasteiger partial charge on any atom is 0.274 e. The van der Waals surface area contributed by atoms with Crippen LogP contribution < -0.4 is 5.56 Å². The van der Waals surface area contributed by atoms with Crippen molar-refractivity contribution in [2.24, 2.45) is 10.2 Å². The summed E-state index contributed by atoms with van der Waals surface area (Å²) in [6.45, 7) is 2.32. The van der Waals surface area contributed by atoms with Gasteiger partial charge in [-0.15, -0.1) is 5.11 Å². The molecule has 0 bridgehead atoms. The highest BCUT2D eigenvalue weighted by atomic mass is 16.1. The Morgan fingerprint density at radius 2 is 2.45 bits per heavy atom. The molecule has 1 aromatic rings. The topological polar surface area (TPSA) is 59.6 Å². The van der Waals surface area contributed by atoms with Crippen molar-refractivity contribution in [1.82, 2.24) is 9.55 Å². The molecule has 1 aliphatic rings. The van der Waals surface area contributed by atoms with Crippen LogP contribution in [0.25, 0.3) is 0 Å². The van der Waals surface area contributed by atoms with Crippen LogP contribution in [0.3, 0.4) is 0 Å². The number of azo groups is 1. The molecule has 5 nitrogen and oxygen atoms in total. The van der Waals surface area contributed by atoms with E-state index in [1.807, 2.05) is 6.92 Å². The van der Waals surface area contributed by atoms with E-state index in [-0.39, 0.29) is 5.56 Å². The molecular weight excluding hydrogens is 144 g/mol. The van der Waals surface area contributed by atoms with Gasteiger partial charge in [0.1, 0.15) is 6.67 Å². The van der Waals surface area contributed by atoms with Crippen LogP contribution in [0.2, 0.25) is 0 Å². The Bertz CT molecular complexity index is 379. The number of nitrogens with zero attached hydrogens (tertiary/aromatic N) is 4. The van der Waals surface area contributed by atoms with E-state index >= 15 is 0 Å². The lowest BCUT2D eigenvalue weighted by atomic mass is 10.4. The van der Waals surface area contributed by atoms with Crippen molar-refractivity contribution < 1.29 is 0 Å². The summed E-state index contributed by atoms with van der Waals surface area (Å²) in [5, 5.41) is 7.44. The highest BCUT2D eigenvalue weighted by molar-refractivity contribution is 5.20. The van der Waals surface area contributed by atoms with Gasteiger partial charge in [-0.2, -0.15) is 10.1 Å². The van der Waals surface area contributed by atoms with Crippen molar-refractivity contribution in [2.75, 3.05) is 0 Å². The summed E-state index contributed by atoms with van der Waals surface area (Å²) < 4.78 is 1.78. The molecule has 0 unspecified atom stereocenters. The zero-order valence-electron chi connectivity index (χ0n) is 5.98.